The number of phenols is 2. The Labute approximate surface area is 90.0 Å². The zero-order valence-electron chi connectivity index (χ0n) is 8.34. The molecule has 0 saturated carbocycles. The number of carbonyl (C=O) groups is 1. The average Bonchev–Trinajstić information content (AvgIpc) is 2.21. The van der Waals surface area contributed by atoms with Crippen LogP contribution in [-0.4, -0.2) is 27.7 Å². The maximum atomic E-state index is 11.3. The molecule has 0 aliphatic heterocycles. The van der Waals surface area contributed by atoms with Crippen molar-refractivity contribution in [1.29, 1.82) is 0 Å². The van der Waals surface area contributed by atoms with Gasteiger partial charge in [0.25, 0.3) is 0 Å². The molecule has 1 aromatic carbocycles. The SMILES string of the molecule is CCOC(=O)c1ccc(O)c(O)c1[N+](=O)[O-]. The van der Waals surface area contributed by atoms with Crippen LogP contribution in [0.15, 0.2) is 12.1 Å². The second-order valence-electron chi connectivity index (χ2n) is 2.81. The van der Waals surface area contributed by atoms with Gasteiger partial charge in [-0.25, -0.2) is 4.79 Å². The third kappa shape index (κ3) is 2.02. The summed E-state index contributed by atoms with van der Waals surface area (Å²) in [5.41, 5.74) is -1.26. The van der Waals surface area contributed by atoms with Crippen molar-refractivity contribution in [1.82, 2.24) is 0 Å². The normalized spacial score (nSPS) is 9.81. The number of carbonyl (C=O) groups excluding carboxylic acids is 1. The Morgan fingerprint density at radius 2 is 2.12 bits per heavy atom. The summed E-state index contributed by atoms with van der Waals surface area (Å²) in [6.07, 6.45) is 0. The highest BCUT2D eigenvalue weighted by Gasteiger charge is 2.27. The van der Waals surface area contributed by atoms with Gasteiger partial charge in [-0.1, -0.05) is 0 Å². The quantitative estimate of drug-likeness (QED) is 0.347. The Kier molecular flexibility index (Phi) is 3.29. The number of benzene rings is 1. The first-order valence-electron chi connectivity index (χ1n) is 4.35. The van der Waals surface area contributed by atoms with E-state index < -0.39 is 33.6 Å². The van der Waals surface area contributed by atoms with Gasteiger partial charge >= 0.3 is 11.7 Å². The first kappa shape index (κ1) is 11.8. The fraction of sp³-hybridized carbons (Fsp3) is 0.222. The van der Waals surface area contributed by atoms with Crippen LogP contribution >= 0.6 is 0 Å². The number of hydrogen-bond acceptors (Lipinski definition) is 6. The van der Waals surface area contributed by atoms with Crippen LogP contribution in [0.4, 0.5) is 5.69 Å². The zero-order chi connectivity index (χ0) is 12.3. The summed E-state index contributed by atoms with van der Waals surface area (Å²) in [6, 6.07) is 2.00. The Morgan fingerprint density at radius 3 is 2.62 bits per heavy atom. The molecule has 0 aromatic heterocycles. The fourth-order valence-corrected chi connectivity index (χ4v) is 1.13. The standard InChI is InChI=1S/C9H9NO6/c1-2-16-9(13)5-3-4-6(11)8(12)7(5)10(14)15/h3-4,11-12H,2H2,1H3. The molecule has 0 radical (unpaired) electrons. The third-order valence-corrected chi connectivity index (χ3v) is 1.81. The fourth-order valence-electron chi connectivity index (χ4n) is 1.13. The van der Waals surface area contributed by atoms with Crippen molar-refractivity contribution < 1.29 is 24.7 Å². The van der Waals surface area contributed by atoms with E-state index in [1.807, 2.05) is 0 Å². The van der Waals surface area contributed by atoms with Crippen LogP contribution in [0, 0.1) is 10.1 Å². The molecule has 1 rings (SSSR count). The average molecular weight is 227 g/mol. The number of rotatable bonds is 3. The topological polar surface area (TPSA) is 110 Å². The molecule has 7 heteroatoms. The van der Waals surface area contributed by atoms with E-state index in [9.17, 15) is 20.0 Å². The Morgan fingerprint density at radius 1 is 1.50 bits per heavy atom. The summed E-state index contributed by atoms with van der Waals surface area (Å²) >= 11 is 0. The molecule has 86 valence electrons. The van der Waals surface area contributed by atoms with E-state index in [2.05, 4.69) is 4.74 Å². The Bertz CT molecular complexity index is 442. The molecule has 0 atom stereocenters. The largest absolute Gasteiger partial charge is 0.504 e. The van der Waals surface area contributed by atoms with E-state index in [4.69, 9.17) is 5.11 Å². The van der Waals surface area contributed by atoms with Crippen LogP contribution in [0.5, 0.6) is 11.5 Å². The van der Waals surface area contributed by atoms with Gasteiger partial charge in [0.15, 0.2) is 5.75 Å². The Hall–Kier alpha value is -2.31. The van der Waals surface area contributed by atoms with Gasteiger partial charge in [-0.3, -0.25) is 10.1 Å². The highest BCUT2D eigenvalue weighted by molar-refractivity contribution is 5.95. The van der Waals surface area contributed by atoms with Crippen molar-refractivity contribution in [3.8, 4) is 11.5 Å². The van der Waals surface area contributed by atoms with Crippen LogP contribution in [0.25, 0.3) is 0 Å². The number of nitro benzene ring substituents is 1. The van der Waals surface area contributed by atoms with Gasteiger partial charge in [-0.15, -0.1) is 0 Å². The van der Waals surface area contributed by atoms with Crippen molar-refractivity contribution in [3.05, 3.63) is 27.8 Å². The monoisotopic (exact) mass is 227 g/mol. The van der Waals surface area contributed by atoms with Gasteiger partial charge in [-0.05, 0) is 19.1 Å². The number of hydrogen-bond donors (Lipinski definition) is 2. The van der Waals surface area contributed by atoms with Crippen molar-refractivity contribution in [2.24, 2.45) is 0 Å². The van der Waals surface area contributed by atoms with E-state index in [0.717, 1.165) is 12.1 Å². The minimum Gasteiger partial charge on any atom is -0.504 e. The predicted octanol–water partition coefficient (Wildman–Crippen LogP) is 1.18. The smallest absolute Gasteiger partial charge is 0.345 e. The van der Waals surface area contributed by atoms with E-state index in [0.29, 0.717) is 0 Å². The molecular weight excluding hydrogens is 218 g/mol. The maximum absolute atomic E-state index is 11.3. The van der Waals surface area contributed by atoms with Crippen molar-refractivity contribution >= 4 is 11.7 Å². The molecular formula is C9H9NO6. The zero-order valence-corrected chi connectivity index (χ0v) is 8.34. The van der Waals surface area contributed by atoms with Crippen LogP contribution in [0.1, 0.15) is 17.3 Å². The van der Waals surface area contributed by atoms with Crippen molar-refractivity contribution in [2.45, 2.75) is 6.92 Å². The molecule has 0 aliphatic rings. The molecule has 16 heavy (non-hydrogen) atoms. The Balaban J connectivity index is 3.34. The van der Waals surface area contributed by atoms with E-state index in [1.54, 1.807) is 6.92 Å². The molecule has 2 N–H and O–H groups in total. The molecule has 0 aliphatic carbocycles. The molecule has 1 aromatic rings. The number of esters is 1. The van der Waals surface area contributed by atoms with E-state index in [-0.39, 0.29) is 6.61 Å². The second-order valence-corrected chi connectivity index (χ2v) is 2.81. The second kappa shape index (κ2) is 4.47. The van der Waals surface area contributed by atoms with Crippen LogP contribution < -0.4 is 0 Å². The van der Waals surface area contributed by atoms with Gasteiger partial charge < -0.3 is 14.9 Å². The number of nitrogens with zero attached hydrogens (tertiary/aromatic N) is 1. The minimum atomic E-state index is -0.957. The lowest BCUT2D eigenvalue weighted by molar-refractivity contribution is -0.386. The van der Waals surface area contributed by atoms with Crippen LogP contribution in [0.3, 0.4) is 0 Å². The summed E-state index contributed by atoms with van der Waals surface area (Å²) in [5, 5.41) is 29.0. The summed E-state index contributed by atoms with van der Waals surface area (Å²) in [4.78, 5) is 21.0. The lowest BCUT2D eigenvalue weighted by atomic mass is 10.1. The molecule has 7 nitrogen and oxygen atoms in total. The summed E-state index contributed by atoms with van der Waals surface area (Å²) in [5.74, 6) is -2.54. The lowest BCUT2D eigenvalue weighted by Crippen LogP contribution is -2.08. The van der Waals surface area contributed by atoms with E-state index in [1.165, 1.54) is 0 Å². The summed E-state index contributed by atoms with van der Waals surface area (Å²) < 4.78 is 4.58. The maximum Gasteiger partial charge on any atom is 0.345 e. The molecule has 0 bridgehead atoms. The lowest BCUT2D eigenvalue weighted by Gasteiger charge is -2.05. The minimum absolute atomic E-state index is 0.0532. The summed E-state index contributed by atoms with van der Waals surface area (Å²) in [7, 11) is 0. The molecule has 0 amide bonds. The van der Waals surface area contributed by atoms with Gasteiger partial charge in [0.2, 0.25) is 5.75 Å². The number of aromatic hydroxyl groups is 2. The summed E-state index contributed by atoms with van der Waals surface area (Å²) in [6.45, 7) is 1.60. The van der Waals surface area contributed by atoms with Crippen LogP contribution in [0.2, 0.25) is 0 Å². The predicted molar refractivity (Wildman–Crippen MR) is 52.4 cm³/mol. The molecule has 0 fully saturated rings. The van der Waals surface area contributed by atoms with Crippen LogP contribution in [-0.2, 0) is 4.74 Å². The molecule has 0 spiro atoms. The van der Waals surface area contributed by atoms with Crippen molar-refractivity contribution in [3.63, 3.8) is 0 Å². The molecule has 0 unspecified atom stereocenters. The van der Waals surface area contributed by atoms with Crippen molar-refractivity contribution in [2.75, 3.05) is 6.61 Å². The molecule has 0 saturated heterocycles. The highest BCUT2D eigenvalue weighted by atomic mass is 16.6. The number of nitro groups is 1. The number of ether oxygens (including phenoxy) is 1. The third-order valence-electron chi connectivity index (χ3n) is 1.81. The van der Waals surface area contributed by atoms with Gasteiger partial charge in [0, 0.05) is 0 Å². The van der Waals surface area contributed by atoms with E-state index >= 15 is 0 Å². The van der Waals surface area contributed by atoms with Gasteiger partial charge in [0.1, 0.15) is 5.56 Å². The highest BCUT2D eigenvalue weighted by Crippen LogP contribution is 2.37. The number of phenolic OH excluding ortho intramolecular Hbond substituents is 2. The molecule has 0 heterocycles. The van der Waals surface area contributed by atoms with Gasteiger partial charge in [0.05, 0.1) is 11.5 Å². The first-order valence-corrected chi connectivity index (χ1v) is 4.35. The first-order chi connectivity index (χ1) is 7.49. The van der Waals surface area contributed by atoms with Gasteiger partial charge in [-0.2, -0.15) is 0 Å².